The van der Waals surface area contributed by atoms with Gasteiger partial charge in [-0.25, -0.2) is 4.98 Å². The first-order chi connectivity index (χ1) is 8.26. The number of anilines is 3. The van der Waals surface area contributed by atoms with Gasteiger partial charge in [0, 0.05) is 13.1 Å². The van der Waals surface area contributed by atoms with E-state index in [1.54, 1.807) is 6.07 Å². The largest absolute Gasteiger partial charge is 0.382 e. The smallest absolute Gasteiger partial charge is 0.151 e. The second kappa shape index (κ2) is 4.05. The quantitative estimate of drug-likeness (QED) is 0.660. The maximum atomic E-state index is 8.81. The molecule has 17 heavy (non-hydrogen) atoms. The molecule has 2 aliphatic rings. The van der Waals surface area contributed by atoms with Crippen molar-refractivity contribution in [2.45, 2.75) is 25.0 Å². The third-order valence-corrected chi connectivity index (χ3v) is 3.40. The first kappa shape index (κ1) is 10.6. The number of fused-ring (bicyclic) bond motifs is 2. The van der Waals surface area contributed by atoms with Crippen LogP contribution in [0.5, 0.6) is 0 Å². The van der Waals surface area contributed by atoms with Gasteiger partial charge in [0.15, 0.2) is 5.82 Å². The summed E-state index contributed by atoms with van der Waals surface area (Å²) in [4.78, 5) is 6.49. The van der Waals surface area contributed by atoms with Gasteiger partial charge in [-0.2, -0.15) is 0 Å². The molecular formula is C11H16N4O2. The Kier molecular flexibility index (Phi) is 2.53. The van der Waals surface area contributed by atoms with Crippen molar-refractivity contribution in [3.63, 3.8) is 0 Å². The van der Waals surface area contributed by atoms with Crippen LogP contribution in [0.1, 0.15) is 12.8 Å². The second-order valence-corrected chi connectivity index (χ2v) is 4.58. The minimum absolute atomic E-state index is 0.309. The van der Waals surface area contributed by atoms with Crippen LogP contribution in [0.3, 0.4) is 0 Å². The highest BCUT2D eigenvalue weighted by molar-refractivity contribution is 5.64. The zero-order chi connectivity index (χ0) is 11.8. The van der Waals surface area contributed by atoms with E-state index in [9.17, 15) is 0 Å². The van der Waals surface area contributed by atoms with Gasteiger partial charge in [0.05, 0.1) is 12.2 Å². The summed E-state index contributed by atoms with van der Waals surface area (Å²) in [5.74, 6) is 1.16. The highest BCUT2D eigenvalue weighted by Crippen LogP contribution is 2.30. The summed E-state index contributed by atoms with van der Waals surface area (Å²) >= 11 is 0. The number of pyridine rings is 1. The van der Waals surface area contributed by atoms with E-state index < -0.39 is 0 Å². The highest BCUT2D eigenvalue weighted by Gasteiger charge is 2.34. The van der Waals surface area contributed by atoms with Crippen LogP contribution in [0.15, 0.2) is 12.1 Å². The minimum atomic E-state index is 0.309. The number of nitrogen functional groups attached to an aromatic ring is 1. The van der Waals surface area contributed by atoms with Crippen molar-refractivity contribution in [2.75, 3.05) is 29.2 Å². The van der Waals surface area contributed by atoms with Crippen molar-refractivity contribution in [1.29, 1.82) is 0 Å². The van der Waals surface area contributed by atoms with Gasteiger partial charge in [-0.15, -0.1) is 0 Å². The number of nitrogens with two attached hydrogens (primary N) is 1. The number of nitrogens with one attached hydrogen (secondary N) is 1. The summed E-state index contributed by atoms with van der Waals surface area (Å²) in [5.41, 5.74) is 8.19. The first-order valence-electron chi connectivity index (χ1n) is 5.83. The van der Waals surface area contributed by atoms with Crippen molar-refractivity contribution < 1.29 is 9.94 Å². The van der Waals surface area contributed by atoms with E-state index in [1.165, 1.54) is 0 Å². The first-order valence-corrected chi connectivity index (χ1v) is 5.83. The Morgan fingerprint density at radius 3 is 2.65 bits per heavy atom. The third-order valence-electron chi connectivity index (χ3n) is 3.40. The van der Waals surface area contributed by atoms with E-state index in [2.05, 4.69) is 9.88 Å². The van der Waals surface area contributed by atoms with Crippen molar-refractivity contribution >= 4 is 17.3 Å². The van der Waals surface area contributed by atoms with Crippen molar-refractivity contribution in [3.8, 4) is 0 Å². The van der Waals surface area contributed by atoms with Crippen molar-refractivity contribution in [3.05, 3.63) is 12.1 Å². The molecule has 0 saturated carbocycles. The van der Waals surface area contributed by atoms with Crippen molar-refractivity contribution in [1.82, 2.24) is 4.98 Å². The van der Waals surface area contributed by atoms with E-state index >= 15 is 0 Å². The van der Waals surface area contributed by atoms with E-state index in [0.717, 1.165) is 31.7 Å². The fourth-order valence-corrected chi connectivity index (χ4v) is 2.54. The Bertz CT molecular complexity index is 414. The summed E-state index contributed by atoms with van der Waals surface area (Å²) in [6, 6.07) is 3.59. The maximum Gasteiger partial charge on any atom is 0.151 e. The molecule has 0 spiro atoms. The third kappa shape index (κ3) is 1.89. The molecule has 0 amide bonds. The molecule has 4 N–H and O–H groups in total. The molecule has 3 heterocycles. The van der Waals surface area contributed by atoms with Crippen LogP contribution in [0.25, 0.3) is 0 Å². The van der Waals surface area contributed by atoms with Crippen molar-refractivity contribution in [2.24, 2.45) is 0 Å². The van der Waals surface area contributed by atoms with E-state index in [-0.39, 0.29) is 0 Å². The molecule has 3 rings (SSSR count). The summed E-state index contributed by atoms with van der Waals surface area (Å²) < 4.78 is 5.77. The topological polar surface area (TPSA) is 83.6 Å². The molecule has 0 aromatic carbocycles. The van der Waals surface area contributed by atoms with E-state index in [1.807, 2.05) is 11.5 Å². The van der Waals surface area contributed by atoms with Crippen LogP contribution in [0.2, 0.25) is 0 Å². The number of morpholine rings is 1. The lowest BCUT2D eigenvalue weighted by molar-refractivity contribution is 0.0302. The predicted molar refractivity (Wildman–Crippen MR) is 64.2 cm³/mol. The molecule has 1 aromatic heterocycles. The highest BCUT2D eigenvalue weighted by atomic mass is 16.5. The normalized spacial score (nSPS) is 27.2. The molecule has 6 nitrogen and oxygen atoms in total. The van der Waals surface area contributed by atoms with Crippen LogP contribution in [0.4, 0.5) is 17.3 Å². The zero-order valence-electron chi connectivity index (χ0n) is 9.47. The summed E-state index contributed by atoms with van der Waals surface area (Å²) in [5, 5.41) is 8.81. The van der Waals surface area contributed by atoms with Gasteiger partial charge in [0.2, 0.25) is 0 Å². The Balaban J connectivity index is 1.82. The molecule has 0 radical (unpaired) electrons. The Morgan fingerprint density at radius 1 is 1.35 bits per heavy atom. The number of aromatic nitrogens is 1. The van der Waals surface area contributed by atoms with Gasteiger partial charge in [-0.3, -0.25) is 10.7 Å². The van der Waals surface area contributed by atoms with Gasteiger partial charge >= 0.3 is 0 Å². The van der Waals surface area contributed by atoms with Crippen LogP contribution >= 0.6 is 0 Å². The molecule has 2 atom stereocenters. The molecule has 92 valence electrons. The van der Waals surface area contributed by atoms with Gasteiger partial charge in [0.1, 0.15) is 11.5 Å². The van der Waals surface area contributed by atoms with Crippen LogP contribution < -0.4 is 16.1 Å². The predicted octanol–water partition coefficient (Wildman–Crippen LogP) is 0.832. The Hall–Kier alpha value is -1.53. The fourth-order valence-electron chi connectivity index (χ4n) is 2.54. The number of rotatable bonds is 2. The van der Waals surface area contributed by atoms with Gasteiger partial charge in [-0.1, -0.05) is 0 Å². The molecular weight excluding hydrogens is 220 g/mol. The zero-order valence-corrected chi connectivity index (χ0v) is 9.47. The monoisotopic (exact) mass is 236 g/mol. The van der Waals surface area contributed by atoms with Crippen LogP contribution in [0, 0.1) is 0 Å². The average Bonchev–Trinajstić information content (AvgIpc) is 2.68. The number of hydrogen-bond donors (Lipinski definition) is 3. The van der Waals surface area contributed by atoms with Gasteiger partial charge < -0.3 is 15.4 Å². The van der Waals surface area contributed by atoms with Gasteiger partial charge in [0.25, 0.3) is 0 Å². The molecule has 0 aliphatic carbocycles. The SMILES string of the molecule is Nc1nc(N2CC3CCC(C2)O3)ccc1NO. The number of nitrogens with zero attached hydrogens (tertiary/aromatic N) is 2. The Morgan fingerprint density at radius 2 is 2.06 bits per heavy atom. The summed E-state index contributed by atoms with van der Waals surface area (Å²) in [6.45, 7) is 1.74. The molecule has 2 fully saturated rings. The standard InChI is InChI=1S/C11H16N4O2/c12-11-9(14-16)3-4-10(13-11)15-5-7-1-2-8(6-15)17-7/h3-4,7-8,14,16H,1-2,5-6H2,(H2,12,13). The maximum absolute atomic E-state index is 8.81. The van der Waals surface area contributed by atoms with Crippen LogP contribution in [-0.4, -0.2) is 35.5 Å². The molecule has 6 heteroatoms. The number of ether oxygens (including phenoxy) is 1. The average molecular weight is 236 g/mol. The summed E-state index contributed by atoms with van der Waals surface area (Å²) in [7, 11) is 0. The van der Waals surface area contributed by atoms with Gasteiger partial charge in [-0.05, 0) is 25.0 Å². The fraction of sp³-hybridized carbons (Fsp3) is 0.545. The number of hydrogen-bond acceptors (Lipinski definition) is 6. The lowest BCUT2D eigenvalue weighted by Gasteiger charge is -2.33. The molecule has 2 bridgehead atoms. The lowest BCUT2D eigenvalue weighted by atomic mass is 10.2. The lowest BCUT2D eigenvalue weighted by Crippen LogP contribution is -2.43. The molecule has 1 aromatic rings. The molecule has 2 saturated heterocycles. The van der Waals surface area contributed by atoms with Crippen LogP contribution in [-0.2, 0) is 4.74 Å². The molecule has 2 unspecified atom stereocenters. The molecule has 2 aliphatic heterocycles. The summed E-state index contributed by atoms with van der Waals surface area (Å²) in [6.07, 6.45) is 2.92. The second-order valence-electron chi connectivity index (χ2n) is 4.58. The van der Waals surface area contributed by atoms with E-state index in [0.29, 0.717) is 23.7 Å². The Labute approximate surface area is 99.3 Å². The minimum Gasteiger partial charge on any atom is -0.382 e. The van der Waals surface area contributed by atoms with E-state index in [4.69, 9.17) is 15.7 Å².